The summed E-state index contributed by atoms with van der Waals surface area (Å²) in [6.45, 7) is 3.69. The van der Waals surface area contributed by atoms with Gasteiger partial charge in [-0.1, -0.05) is 55.5 Å². The van der Waals surface area contributed by atoms with E-state index in [0.29, 0.717) is 26.2 Å². The lowest BCUT2D eigenvalue weighted by Gasteiger charge is -2.19. The quantitative estimate of drug-likeness (QED) is 0.386. The molecule has 0 aromatic heterocycles. The zero-order chi connectivity index (χ0) is 24.3. The van der Waals surface area contributed by atoms with Gasteiger partial charge in [-0.25, -0.2) is 4.79 Å². The molecule has 182 valence electrons. The molecule has 8 nitrogen and oxygen atoms in total. The van der Waals surface area contributed by atoms with E-state index in [1.807, 2.05) is 55.5 Å². The normalized spacial score (nSPS) is 13.0. The third-order valence-electron chi connectivity index (χ3n) is 5.71. The van der Waals surface area contributed by atoms with Crippen molar-refractivity contribution >= 4 is 18.0 Å². The molecule has 34 heavy (non-hydrogen) atoms. The second-order valence-electron chi connectivity index (χ2n) is 8.21. The predicted octanol–water partition coefficient (Wildman–Crippen LogP) is 3.69. The van der Waals surface area contributed by atoms with Crippen LogP contribution in [0, 0.1) is 0 Å². The number of hydrogen-bond acceptors (Lipinski definition) is 5. The van der Waals surface area contributed by atoms with Crippen LogP contribution >= 0.6 is 0 Å². The Balaban J connectivity index is 1.56. The maximum atomic E-state index is 12.6. The molecular weight excluding hydrogens is 436 g/mol. The van der Waals surface area contributed by atoms with Gasteiger partial charge in [0.1, 0.15) is 12.6 Å². The van der Waals surface area contributed by atoms with Crippen molar-refractivity contribution in [2.75, 3.05) is 26.4 Å². The molecule has 0 radical (unpaired) electrons. The van der Waals surface area contributed by atoms with Crippen LogP contribution in [0.5, 0.6) is 0 Å². The molecular formula is C26H32N2O6. The molecule has 1 unspecified atom stereocenters. The highest BCUT2D eigenvalue weighted by Gasteiger charge is 2.29. The van der Waals surface area contributed by atoms with Crippen LogP contribution in [0.4, 0.5) is 4.79 Å². The molecule has 0 heterocycles. The first-order chi connectivity index (χ1) is 16.5. The number of amides is 2. The molecule has 2 amide bonds. The van der Waals surface area contributed by atoms with Crippen molar-refractivity contribution in [1.29, 1.82) is 0 Å². The van der Waals surface area contributed by atoms with Crippen molar-refractivity contribution in [3.8, 4) is 11.1 Å². The molecule has 2 aromatic carbocycles. The number of carbonyl (C=O) groups is 3. The monoisotopic (exact) mass is 468 g/mol. The minimum absolute atomic E-state index is 0.0301. The van der Waals surface area contributed by atoms with Crippen LogP contribution < -0.4 is 10.6 Å². The Morgan fingerprint density at radius 3 is 2.26 bits per heavy atom. The number of nitrogens with one attached hydrogen (secondary N) is 2. The van der Waals surface area contributed by atoms with E-state index in [2.05, 4.69) is 10.6 Å². The minimum atomic E-state index is -1.04. The Morgan fingerprint density at radius 1 is 1.00 bits per heavy atom. The largest absolute Gasteiger partial charge is 0.481 e. The highest BCUT2D eigenvalue weighted by molar-refractivity contribution is 5.86. The van der Waals surface area contributed by atoms with Crippen molar-refractivity contribution < 1.29 is 29.0 Å². The Labute approximate surface area is 199 Å². The second-order valence-corrected chi connectivity index (χ2v) is 8.21. The van der Waals surface area contributed by atoms with E-state index in [0.717, 1.165) is 28.7 Å². The summed E-state index contributed by atoms with van der Waals surface area (Å²) in [5.74, 6) is -1.59. The molecule has 3 rings (SSSR count). The summed E-state index contributed by atoms with van der Waals surface area (Å²) in [4.78, 5) is 36.1. The fraction of sp³-hybridized carbons (Fsp3) is 0.423. The molecule has 0 spiro atoms. The van der Waals surface area contributed by atoms with Gasteiger partial charge in [-0.15, -0.1) is 0 Å². The number of carboxylic acids is 1. The van der Waals surface area contributed by atoms with E-state index < -0.39 is 24.0 Å². The van der Waals surface area contributed by atoms with Crippen LogP contribution in [-0.4, -0.2) is 55.5 Å². The van der Waals surface area contributed by atoms with Gasteiger partial charge in [0.15, 0.2) is 0 Å². The van der Waals surface area contributed by atoms with Crippen molar-refractivity contribution in [3.05, 3.63) is 59.7 Å². The molecule has 0 aliphatic heterocycles. The van der Waals surface area contributed by atoms with Crippen molar-refractivity contribution in [1.82, 2.24) is 10.6 Å². The Bertz CT molecular complexity index is 947. The van der Waals surface area contributed by atoms with Gasteiger partial charge in [-0.05, 0) is 41.5 Å². The highest BCUT2D eigenvalue weighted by atomic mass is 16.5. The molecule has 0 bridgehead atoms. The standard InChI is InChI=1S/C26H32N2O6/c1-2-15-33-16-7-14-27-25(31)23(12-13-24(29)30)28-26(32)34-17-22-20-10-5-3-8-18(20)19-9-4-6-11-21(19)22/h3-6,8-11,22-23H,2,7,12-17H2,1H3,(H,27,31)(H,28,32)(H,29,30). The van der Waals surface area contributed by atoms with Crippen LogP contribution in [0.2, 0.25) is 0 Å². The summed E-state index contributed by atoms with van der Waals surface area (Å²) in [6, 6.07) is 15.0. The van der Waals surface area contributed by atoms with Gasteiger partial charge in [0.05, 0.1) is 0 Å². The van der Waals surface area contributed by atoms with Crippen molar-refractivity contribution in [2.45, 2.75) is 44.6 Å². The van der Waals surface area contributed by atoms with Crippen LogP contribution in [-0.2, 0) is 19.1 Å². The smallest absolute Gasteiger partial charge is 0.407 e. The Hall–Kier alpha value is -3.39. The second kappa shape index (κ2) is 12.7. The number of rotatable bonds is 13. The lowest BCUT2D eigenvalue weighted by atomic mass is 9.98. The van der Waals surface area contributed by atoms with E-state index in [1.54, 1.807) is 0 Å². The maximum Gasteiger partial charge on any atom is 0.407 e. The number of fused-ring (bicyclic) bond motifs is 3. The van der Waals surface area contributed by atoms with E-state index in [4.69, 9.17) is 14.6 Å². The fourth-order valence-electron chi connectivity index (χ4n) is 4.07. The average Bonchev–Trinajstić information content (AvgIpc) is 3.16. The molecule has 0 saturated heterocycles. The van der Waals surface area contributed by atoms with Gasteiger partial charge in [0, 0.05) is 32.1 Å². The van der Waals surface area contributed by atoms with Gasteiger partial charge in [-0.2, -0.15) is 0 Å². The Kier molecular flexibility index (Phi) is 9.46. The third-order valence-corrected chi connectivity index (χ3v) is 5.71. The minimum Gasteiger partial charge on any atom is -0.481 e. The van der Waals surface area contributed by atoms with Gasteiger partial charge < -0.3 is 25.2 Å². The zero-order valence-corrected chi connectivity index (χ0v) is 19.4. The average molecular weight is 469 g/mol. The lowest BCUT2D eigenvalue weighted by Crippen LogP contribution is -2.47. The van der Waals surface area contributed by atoms with Crippen molar-refractivity contribution in [2.24, 2.45) is 0 Å². The molecule has 0 fully saturated rings. The summed E-state index contributed by atoms with van der Waals surface area (Å²) >= 11 is 0. The summed E-state index contributed by atoms with van der Waals surface area (Å²) in [5.41, 5.74) is 4.41. The van der Waals surface area contributed by atoms with Crippen molar-refractivity contribution in [3.63, 3.8) is 0 Å². The number of carbonyl (C=O) groups excluding carboxylic acids is 2. The fourth-order valence-corrected chi connectivity index (χ4v) is 4.07. The first kappa shape index (κ1) is 25.2. The number of benzene rings is 2. The predicted molar refractivity (Wildman–Crippen MR) is 128 cm³/mol. The topological polar surface area (TPSA) is 114 Å². The first-order valence-corrected chi connectivity index (χ1v) is 11.7. The van der Waals surface area contributed by atoms with Gasteiger partial charge in [-0.3, -0.25) is 9.59 Å². The third kappa shape index (κ3) is 6.81. The van der Waals surface area contributed by atoms with E-state index in [-0.39, 0.29) is 25.4 Å². The lowest BCUT2D eigenvalue weighted by molar-refractivity contribution is -0.137. The Morgan fingerprint density at radius 2 is 1.65 bits per heavy atom. The van der Waals surface area contributed by atoms with E-state index >= 15 is 0 Å². The highest BCUT2D eigenvalue weighted by Crippen LogP contribution is 2.44. The van der Waals surface area contributed by atoms with Gasteiger partial charge in [0.25, 0.3) is 0 Å². The summed E-state index contributed by atoms with van der Waals surface area (Å²) in [7, 11) is 0. The molecule has 0 saturated carbocycles. The molecule has 2 aromatic rings. The van der Waals surface area contributed by atoms with Gasteiger partial charge >= 0.3 is 12.1 Å². The number of ether oxygens (including phenoxy) is 2. The number of aliphatic carboxylic acids is 1. The van der Waals surface area contributed by atoms with Gasteiger partial charge in [0.2, 0.25) is 5.91 Å². The number of alkyl carbamates (subject to hydrolysis) is 1. The van der Waals surface area contributed by atoms with E-state index in [1.165, 1.54) is 0 Å². The van der Waals surface area contributed by atoms with Crippen LogP contribution in [0.3, 0.4) is 0 Å². The SMILES string of the molecule is CCCOCCCNC(=O)C(CCC(=O)O)NC(=O)OCC1c2ccccc2-c2ccccc21. The first-order valence-electron chi connectivity index (χ1n) is 11.7. The zero-order valence-electron chi connectivity index (χ0n) is 19.4. The van der Waals surface area contributed by atoms with Crippen LogP contribution in [0.25, 0.3) is 11.1 Å². The summed E-state index contributed by atoms with van der Waals surface area (Å²) in [5, 5.41) is 14.3. The molecule has 1 atom stereocenters. The van der Waals surface area contributed by atoms with Crippen LogP contribution in [0.15, 0.2) is 48.5 Å². The molecule has 1 aliphatic carbocycles. The summed E-state index contributed by atoms with van der Waals surface area (Å²) < 4.78 is 10.9. The molecule has 1 aliphatic rings. The number of carboxylic acid groups (broad SMARTS) is 1. The van der Waals surface area contributed by atoms with E-state index in [9.17, 15) is 14.4 Å². The molecule has 8 heteroatoms. The molecule has 3 N–H and O–H groups in total. The maximum absolute atomic E-state index is 12.6. The van der Waals surface area contributed by atoms with Crippen LogP contribution in [0.1, 0.15) is 49.7 Å². The number of hydrogen-bond donors (Lipinski definition) is 3. The summed E-state index contributed by atoms with van der Waals surface area (Å²) in [6.07, 6.45) is 0.522.